The lowest BCUT2D eigenvalue weighted by Gasteiger charge is -2.25. The van der Waals surface area contributed by atoms with Crippen LogP contribution in [0.3, 0.4) is 0 Å². The average molecular weight is 239 g/mol. The van der Waals surface area contributed by atoms with Crippen molar-refractivity contribution in [2.24, 2.45) is 0 Å². The number of aryl methyl sites for hydroxylation is 1. The quantitative estimate of drug-likeness (QED) is 0.829. The van der Waals surface area contributed by atoms with Gasteiger partial charge in [-0.3, -0.25) is 4.90 Å². The number of rotatable bonds is 6. The number of hydrogen-bond acceptors (Lipinski definition) is 3. The topological polar surface area (TPSA) is 53.7 Å². The smallest absolute Gasteiger partial charge is 0.339 e. The number of hydrogen-bond donors (Lipinski definition) is 1. The summed E-state index contributed by atoms with van der Waals surface area (Å²) >= 11 is 0. The molecule has 1 aromatic rings. The van der Waals surface area contributed by atoms with Crippen LogP contribution in [0, 0.1) is 6.92 Å². The molecule has 1 heterocycles. The van der Waals surface area contributed by atoms with Gasteiger partial charge >= 0.3 is 5.97 Å². The van der Waals surface area contributed by atoms with Crippen molar-refractivity contribution in [3.8, 4) is 0 Å². The van der Waals surface area contributed by atoms with Crippen LogP contribution in [0.1, 0.15) is 49.1 Å². The molecule has 0 aromatic carbocycles. The molecule has 4 nitrogen and oxygen atoms in total. The second-order valence-corrected chi connectivity index (χ2v) is 4.31. The van der Waals surface area contributed by atoms with Gasteiger partial charge in [-0.15, -0.1) is 0 Å². The first-order chi connectivity index (χ1) is 7.99. The van der Waals surface area contributed by atoms with Crippen LogP contribution in [0.15, 0.2) is 10.5 Å². The van der Waals surface area contributed by atoms with E-state index in [1.54, 1.807) is 13.0 Å². The van der Waals surface area contributed by atoms with Crippen molar-refractivity contribution >= 4 is 5.97 Å². The van der Waals surface area contributed by atoms with Crippen molar-refractivity contribution in [1.29, 1.82) is 0 Å². The zero-order chi connectivity index (χ0) is 13.0. The zero-order valence-electron chi connectivity index (χ0n) is 11.0. The first kappa shape index (κ1) is 13.8. The second kappa shape index (κ2) is 5.87. The van der Waals surface area contributed by atoms with Gasteiger partial charge in [0.1, 0.15) is 17.1 Å². The van der Waals surface area contributed by atoms with Gasteiger partial charge in [-0.25, -0.2) is 4.79 Å². The van der Waals surface area contributed by atoms with Crippen LogP contribution in [0.5, 0.6) is 0 Å². The molecule has 0 saturated carbocycles. The van der Waals surface area contributed by atoms with E-state index in [0.29, 0.717) is 18.3 Å². The van der Waals surface area contributed by atoms with Crippen molar-refractivity contribution in [1.82, 2.24) is 4.90 Å². The number of nitrogens with zero attached hydrogens (tertiary/aromatic N) is 1. The van der Waals surface area contributed by atoms with Gasteiger partial charge < -0.3 is 9.52 Å². The molecule has 1 aromatic heterocycles. The largest absolute Gasteiger partial charge is 0.478 e. The Morgan fingerprint density at radius 3 is 2.59 bits per heavy atom. The maximum atomic E-state index is 10.9. The predicted molar refractivity (Wildman–Crippen MR) is 66.2 cm³/mol. The summed E-state index contributed by atoms with van der Waals surface area (Å²) in [7, 11) is 0. The maximum absolute atomic E-state index is 10.9. The monoisotopic (exact) mass is 239 g/mol. The van der Waals surface area contributed by atoms with Crippen molar-refractivity contribution in [2.75, 3.05) is 6.54 Å². The molecule has 0 radical (unpaired) electrons. The standard InChI is InChI=1S/C13H21NO3/c1-5-9(3)14(6-2)8-11-7-12(13(15)16)10(4)17-11/h7,9H,5-6,8H2,1-4H3,(H,15,16). The second-order valence-electron chi connectivity index (χ2n) is 4.31. The van der Waals surface area contributed by atoms with Gasteiger partial charge in [0.05, 0.1) is 6.54 Å². The molecule has 1 unspecified atom stereocenters. The van der Waals surface area contributed by atoms with Gasteiger partial charge in [-0.05, 0) is 32.9 Å². The Bertz CT molecular complexity index is 384. The fourth-order valence-corrected chi connectivity index (χ4v) is 1.87. The molecule has 0 spiro atoms. The van der Waals surface area contributed by atoms with Crippen LogP contribution in [0.4, 0.5) is 0 Å². The van der Waals surface area contributed by atoms with Gasteiger partial charge in [-0.2, -0.15) is 0 Å². The third-order valence-corrected chi connectivity index (χ3v) is 3.18. The molecule has 96 valence electrons. The van der Waals surface area contributed by atoms with E-state index in [4.69, 9.17) is 9.52 Å². The third kappa shape index (κ3) is 3.33. The summed E-state index contributed by atoms with van der Waals surface area (Å²) in [6, 6.07) is 2.10. The van der Waals surface area contributed by atoms with Crippen molar-refractivity contribution < 1.29 is 14.3 Å². The Kier molecular flexibility index (Phi) is 4.75. The lowest BCUT2D eigenvalue weighted by Crippen LogP contribution is -2.31. The van der Waals surface area contributed by atoms with Gasteiger partial charge in [0.2, 0.25) is 0 Å². The summed E-state index contributed by atoms with van der Waals surface area (Å²) in [5.41, 5.74) is 0.264. The Labute approximate surface area is 102 Å². The van der Waals surface area contributed by atoms with Crippen molar-refractivity contribution in [3.05, 3.63) is 23.2 Å². The van der Waals surface area contributed by atoms with E-state index >= 15 is 0 Å². The molecular formula is C13H21NO3. The minimum atomic E-state index is -0.927. The summed E-state index contributed by atoms with van der Waals surface area (Å²) in [5.74, 6) is 0.277. The van der Waals surface area contributed by atoms with Gasteiger partial charge in [0.25, 0.3) is 0 Å². The Balaban J connectivity index is 2.80. The normalized spacial score (nSPS) is 13.0. The number of furan rings is 1. The molecule has 17 heavy (non-hydrogen) atoms. The van der Waals surface area contributed by atoms with E-state index in [1.165, 1.54) is 0 Å². The molecule has 1 rings (SSSR count). The number of carbonyl (C=O) groups is 1. The van der Waals surface area contributed by atoms with E-state index < -0.39 is 5.97 Å². The summed E-state index contributed by atoms with van der Waals surface area (Å²) in [6.07, 6.45) is 1.07. The van der Waals surface area contributed by atoms with E-state index in [1.807, 2.05) is 0 Å². The highest BCUT2D eigenvalue weighted by atomic mass is 16.4. The molecular weight excluding hydrogens is 218 g/mol. The molecule has 0 aliphatic heterocycles. The Morgan fingerprint density at radius 1 is 1.53 bits per heavy atom. The Hall–Kier alpha value is -1.29. The van der Waals surface area contributed by atoms with Crippen molar-refractivity contribution in [2.45, 2.75) is 46.7 Å². The summed E-state index contributed by atoms with van der Waals surface area (Å²) < 4.78 is 5.48. The molecule has 4 heteroatoms. The molecule has 0 amide bonds. The molecule has 0 aliphatic rings. The molecule has 1 atom stereocenters. The van der Waals surface area contributed by atoms with Crippen LogP contribution in [0.25, 0.3) is 0 Å². The van der Waals surface area contributed by atoms with Gasteiger partial charge in [0.15, 0.2) is 0 Å². The van der Waals surface area contributed by atoms with Crippen LogP contribution >= 0.6 is 0 Å². The molecule has 0 saturated heterocycles. The number of carboxylic acid groups (broad SMARTS) is 1. The SMILES string of the molecule is CCC(C)N(CC)Cc1cc(C(=O)O)c(C)o1. The highest BCUT2D eigenvalue weighted by Crippen LogP contribution is 2.17. The molecule has 0 bridgehead atoms. The zero-order valence-corrected chi connectivity index (χ0v) is 11.0. The minimum Gasteiger partial charge on any atom is -0.478 e. The van der Waals surface area contributed by atoms with E-state index in [2.05, 4.69) is 25.7 Å². The van der Waals surface area contributed by atoms with Gasteiger partial charge in [0, 0.05) is 6.04 Å². The van der Waals surface area contributed by atoms with E-state index in [0.717, 1.165) is 18.7 Å². The minimum absolute atomic E-state index is 0.264. The maximum Gasteiger partial charge on any atom is 0.339 e. The lowest BCUT2D eigenvalue weighted by molar-refractivity contribution is 0.0695. The molecule has 1 N–H and O–H groups in total. The highest BCUT2D eigenvalue weighted by Gasteiger charge is 2.17. The van der Waals surface area contributed by atoms with E-state index in [-0.39, 0.29) is 5.56 Å². The fraction of sp³-hybridized carbons (Fsp3) is 0.615. The average Bonchev–Trinajstić information content (AvgIpc) is 2.66. The molecule has 0 fully saturated rings. The van der Waals surface area contributed by atoms with Crippen molar-refractivity contribution in [3.63, 3.8) is 0 Å². The third-order valence-electron chi connectivity index (χ3n) is 3.18. The first-order valence-corrected chi connectivity index (χ1v) is 6.06. The summed E-state index contributed by atoms with van der Waals surface area (Å²) in [6.45, 7) is 9.68. The Morgan fingerprint density at radius 2 is 2.18 bits per heavy atom. The van der Waals surface area contributed by atoms with E-state index in [9.17, 15) is 4.79 Å². The number of carboxylic acids is 1. The summed E-state index contributed by atoms with van der Waals surface area (Å²) in [5, 5.41) is 8.95. The lowest BCUT2D eigenvalue weighted by atomic mass is 10.2. The number of aromatic carboxylic acids is 1. The fourth-order valence-electron chi connectivity index (χ4n) is 1.87. The van der Waals surface area contributed by atoms with Crippen LogP contribution in [-0.4, -0.2) is 28.6 Å². The molecule has 0 aliphatic carbocycles. The van der Waals surface area contributed by atoms with Gasteiger partial charge in [-0.1, -0.05) is 13.8 Å². The first-order valence-electron chi connectivity index (χ1n) is 6.06. The van der Waals surface area contributed by atoms with Crippen LogP contribution in [0.2, 0.25) is 0 Å². The van der Waals surface area contributed by atoms with Crippen LogP contribution in [-0.2, 0) is 6.54 Å². The summed E-state index contributed by atoms with van der Waals surface area (Å²) in [4.78, 5) is 13.2. The predicted octanol–water partition coefficient (Wildman–Crippen LogP) is 2.91. The van der Waals surface area contributed by atoms with Crippen LogP contribution < -0.4 is 0 Å². The highest BCUT2D eigenvalue weighted by molar-refractivity contribution is 5.88.